The first-order valence-corrected chi connectivity index (χ1v) is 13.9. The van der Waals surface area contributed by atoms with Crippen LogP contribution in [-0.4, -0.2) is 44.8 Å². The molecule has 8 heteroatoms. The predicted octanol–water partition coefficient (Wildman–Crippen LogP) is 4.62. The summed E-state index contributed by atoms with van der Waals surface area (Å²) in [6, 6.07) is 3.91. The molecule has 2 N–H and O–H groups in total. The molecule has 4 fully saturated rings. The Bertz CT molecular complexity index is 1300. The summed E-state index contributed by atoms with van der Waals surface area (Å²) < 4.78 is 14.7. The molecule has 7 atom stereocenters. The first kappa shape index (κ1) is 23.4. The molecule has 7 rings (SSSR count). The molecular formula is C29H36FN5O2. The number of hydrogen-bond acceptors (Lipinski definition) is 4. The van der Waals surface area contributed by atoms with E-state index in [0.29, 0.717) is 23.4 Å². The summed E-state index contributed by atoms with van der Waals surface area (Å²) in [6.07, 6.45) is 11.0. The number of aromatic nitrogens is 3. The highest BCUT2D eigenvalue weighted by Crippen LogP contribution is 2.66. The van der Waals surface area contributed by atoms with Crippen molar-refractivity contribution in [3.8, 4) is 0 Å². The van der Waals surface area contributed by atoms with Crippen molar-refractivity contribution >= 4 is 23.0 Å². The van der Waals surface area contributed by atoms with Crippen LogP contribution in [0.5, 0.6) is 0 Å². The molecule has 0 radical (unpaired) electrons. The van der Waals surface area contributed by atoms with Crippen LogP contribution >= 0.6 is 0 Å². The minimum atomic E-state index is -0.602. The van der Waals surface area contributed by atoms with Crippen molar-refractivity contribution in [1.82, 2.24) is 25.2 Å². The van der Waals surface area contributed by atoms with Gasteiger partial charge in [0.05, 0.1) is 11.1 Å². The van der Waals surface area contributed by atoms with Crippen molar-refractivity contribution in [3.05, 3.63) is 36.1 Å². The number of pyridine rings is 1. The maximum atomic E-state index is 14.7. The van der Waals surface area contributed by atoms with E-state index in [1.807, 2.05) is 12.1 Å². The number of H-pyrrole nitrogens is 1. The summed E-state index contributed by atoms with van der Waals surface area (Å²) in [4.78, 5) is 40.3. The van der Waals surface area contributed by atoms with Gasteiger partial charge in [0.1, 0.15) is 5.82 Å². The summed E-state index contributed by atoms with van der Waals surface area (Å²) in [5, 5.41) is 3.42. The fourth-order valence-corrected chi connectivity index (χ4v) is 9.20. The normalized spacial score (nSPS) is 40.0. The number of rotatable bonds is 3. The topological polar surface area (TPSA) is 91.0 Å². The molecule has 0 saturated heterocycles. The van der Waals surface area contributed by atoms with E-state index in [-0.39, 0.29) is 28.7 Å². The molecule has 1 aliphatic heterocycles. The number of carbonyl (C=O) groups is 2. The van der Waals surface area contributed by atoms with Crippen molar-refractivity contribution in [1.29, 1.82) is 0 Å². The van der Waals surface area contributed by atoms with Gasteiger partial charge in [-0.1, -0.05) is 13.8 Å². The average Bonchev–Trinajstić information content (AvgIpc) is 3.35. The Labute approximate surface area is 216 Å². The van der Waals surface area contributed by atoms with Gasteiger partial charge >= 0.3 is 0 Å². The van der Waals surface area contributed by atoms with Gasteiger partial charge in [-0.05, 0) is 92.7 Å². The molecule has 4 aliphatic carbocycles. The summed E-state index contributed by atoms with van der Waals surface area (Å²) >= 11 is 0. The highest BCUT2D eigenvalue weighted by molar-refractivity contribution is 5.92. The van der Waals surface area contributed by atoms with E-state index in [9.17, 15) is 14.0 Å². The highest BCUT2D eigenvalue weighted by Gasteiger charge is 2.63. The van der Waals surface area contributed by atoms with Crippen LogP contribution in [0, 0.1) is 34.5 Å². The molecule has 5 aliphatic rings. The van der Waals surface area contributed by atoms with E-state index < -0.39 is 17.3 Å². The van der Waals surface area contributed by atoms with Gasteiger partial charge in [0.2, 0.25) is 5.91 Å². The van der Waals surface area contributed by atoms with Crippen LogP contribution in [0.25, 0.3) is 11.2 Å². The van der Waals surface area contributed by atoms with Gasteiger partial charge in [-0.2, -0.15) is 0 Å². The maximum Gasteiger partial charge on any atom is 0.282 e. The number of aromatic amines is 1. The number of nitrogens with zero attached hydrogens (tertiary/aromatic N) is 3. The standard InChI is InChI=1S/C29H36FN5O2/c1-27-11-10-18-16(6-9-22-28(18,2)15-20(30)25(37)35(22)3)17(27)7-8-19(27)24(36)34-29(12-13-29)26-32-21-5-4-14-31-23(21)33-26/h4-5,14-19,22H,6-13H2,1-3H3,(H,34,36)(H,31,32,33)/t16-,17-,18-,19+,22+,27-,28+/m0/s1. The monoisotopic (exact) mass is 505 g/mol. The van der Waals surface area contributed by atoms with E-state index in [0.717, 1.165) is 62.7 Å². The number of amides is 2. The number of hydrogen-bond donors (Lipinski definition) is 2. The molecule has 3 heterocycles. The molecule has 0 aromatic carbocycles. The van der Waals surface area contributed by atoms with Gasteiger partial charge in [-0.15, -0.1) is 0 Å². The molecule has 0 bridgehead atoms. The fourth-order valence-electron chi connectivity index (χ4n) is 9.20. The SMILES string of the molecule is CN1C(=O)C(F)=C[C@]2(C)[C@H]3CC[C@]4(C)[C@@H](C(=O)NC5(c6nc7ncccc7[nH]6)CC5)CC[C@H]4[C@@H]3CC[C@@H]12. The Morgan fingerprint density at radius 2 is 1.95 bits per heavy atom. The molecule has 0 unspecified atom stereocenters. The summed E-state index contributed by atoms with van der Waals surface area (Å²) in [7, 11) is 1.76. The van der Waals surface area contributed by atoms with Crippen molar-refractivity contribution in [2.24, 2.45) is 34.5 Å². The second kappa shape index (κ2) is 7.64. The molecular weight excluding hydrogens is 469 g/mol. The van der Waals surface area contributed by atoms with Crippen LogP contribution in [0.1, 0.15) is 71.0 Å². The van der Waals surface area contributed by atoms with Crippen molar-refractivity contribution in [2.45, 2.75) is 76.8 Å². The third-order valence-corrected chi connectivity index (χ3v) is 11.3. The number of nitrogens with one attached hydrogen (secondary N) is 2. The van der Waals surface area contributed by atoms with Gasteiger partial charge in [0.15, 0.2) is 11.5 Å². The fraction of sp³-hybridized carbons (Fsp3) is 0.655. The maximum absolute atomic E-state index is 14.7. The number of likely N-dealkylation sites (N-methyl/N-ethyl adjacent to an activating group) is 1. The van der Waals surface area contributed by atoms with E-state index in [2.05, 4.69) is 29.1 Å². The average molecular weight is 506 g/mol. The van der Waals surface area contributed by atoms with Gasteiger partial charge in [0, 0.05) is 30.6 Å². The lowest BCUT2D eigenvalue weighted by Crippen LogP contribution is -2.60. The first-order valence-electron chi connectivity index (χ1n) is 13.9. The van der Waals surface area contributed by atoms with Crippen LogP contribution in [-0.2, 0) is 15.1 Å². The smallest absolute Gasteiger partial charge is 0.282 e. The Morgan fingerprint density at radius 3 is 2.70 bits per heavy atom. The van der Waals surface area contributed by atoms with Crippen LogP contribution < -0.4 is 5.32 Å². The van der Waals surface area contributed by atoms with Gasteiger partial charge in [-0.3, -0.25) is 9.59 Å². The quantitative estimate of drug-likeness (QED) is 0.637. The lowest BCUT2D eigenvalue weighted by atomic mass is 9.47. The zero-order valence-corrected chi connectivity index (χ0v) is 21.9. The molecule has 0 spiro atoms. The number of carbonyl (C=O) groups excluding carboxylic acids is 2. The molecule has 196 valence electrons. The highest BCUT2D eigenvalue weighted by atomic mass is 19.1. The molecule has 37 heavy (non-hydrogen) atoms. The second-order valence-corrected chi connectivity index (χ2v) is 13.0. The van der Waals surface area contributed by atoms with Gasteiger partial charge in [-0.25, -0.2) is 14.4 Å². The third-order valence-electron chi connectivity index (χ3n) is 11.3. The molecule has 2 amide bonds. The lowest BCUT2D eigenvalue weighted by Gasteiger charge is -2.60. The van der Waals surface area contributed by atoms with Gasteiger partial charge < -0.3 is 15.2 Å². The van der Waals surface area contributed by atoms with E-state index in [4.69, 9.17) is 4.98 Å². The third kappa shape index (κ3) is 3.16. The summed E-state index contributed by atoms with van der Waals surface area (Å²) in [5.41, 5.74) is 0.780. The minimum Gasteiger partial charge on any atom is -0.343 e. The van der Waals surface area contributed by atoms with Crippen LogP contribution in [0.15, 0.2) is 30.2 Å². The Morgan fingerprint density at radius 1 is 1.14 bits per heavy atom. The second-order valence-electron chi connectivity index (χ2n) is 13.0. The van der Waals surface area contributed by atoms with E-state index in [1.165, 1.54) is 0 Å². The Kier molecular flexibility index (Phi) is 4.82. The molecule has 2 aromatic rings. The summed E-state index contributed by atoms with van der Waals surface area (Å²) in [5.74, 6) is 1.11. The van der Waals surface area contributed by atoms with Crippen molar-refractivity contribution in [3.63, 3.8) is 0 Å². The zero-order valence-electron chi connectivity index (χ0n) is 21.9. The minimum absolute atomic E-state index is 0.0214. The van der Waals surface area contributed by atoms with Crippen molar-refractivity contribution < 1.29 is 14.0 Å². The van der Waals surface area contributed by atoms with Crippen LogP contribution in [0.2, 0.25) is 0 Å². The molecule has 2 aromatic heterocycles. The van der Waals surface area contributed by atoms with E-state index in [1.54, 1.807) is 24.2 Å². The van der Waals surface area contributed by atoms with Crippen LogP contribution in [0.3, 0.4) is 0 Å². The number of fused-ring (bicyclic) bond motifs is 6. The molecule has 7 nitrogen and oxygen atoms in total. The lowest BCUT2D eigenvalue weighted by molar-refractivity contribution is -0.145. The Hall–Kier alpha value is -2.77. The number of imidazole rings is 1. The van der Waals surface area contributed by atoms with Crippen molar-refractivity contribution in [2.75, 3.05) is 7.05 Å². The van der Waals surface area contributed by atoms with Gasteiger partial charge in [0.25, 0.3) is 5.91 Å². The van der Waals surface area contributed by atoms with Crippen LogP contribution in [0.4, 0.5) is 4.39 Å². The summed E-state index contributed by atoms with van der Waals surface area (Å²) in [6.45, 7) is 4.50. The largest absolute Gasteiger partial charge is 0.343 e. The zero-order chi connectivity index (χ0) is 25.7. The first-order chi connectivity index (χ1) is 17.7. The Balaban J connectivity index is 1.13. The predicted molar refractivity (Wildman–Crippen MR) is 137 cm³/mol. The molecule has 4 saturated carbocycles. The number of halogens is 1. The van der Waals surface area contributed by atoms with E-state index >= 15 is 0 Å².